The summed E-state index contributed by atoms with van der Waals surface area (Å²) in [6, 6.07) is 5.44. The van der Waals surface area contributed by atoms with Crippen LogP contribution in [0.15, 0.2) is 18.2 Å². The number of ketones is 1. The molecule has 13 heavy (non-hydrogen) atoms. The molecule has 3 nitrogen and oxygen atoms in total. The Balaban J connectivity index is 2.70. The third kappa shape index (κ3) is 1.29. The van der Waals surface area contributed by atoms with Crippen LogP contribution in [0.4, 0.5) is 5.82 Å². The van der Waals surface area contributed by atoms with Gasteiger partial charge in [-0.3, -0.25) is 4.79 Å². The summed E-state index contributed by atoms with van der Waals surface area (Å²) < 4.78 is 4.97. The maximum atomic E-state index is 11.0. The van der Waals surface area contributed by atoms with Gasteiger partial charge in [-0.2, -0.15) is 4.37 Å². The van der Waals surface area contributed by atoms with Crippen LogP contribution in [-0.2, 0) is 0 Å². The maximum absolute atomic E-state index is 11.0. The van der Waals surface area contributed by atoms with Gasteiger partial charge in [0.1, 0.15) is 5.82 Å². The average Bonchev–Trinajstić information content (AvgIpc) is 2.47. The lowest BCUT2D eigenvalue weighted by atomic mass is 10.1. The van der Waals surface area contributed by atoms with Gasteiger partial charge in [0.15, 0.2) is 5.78 Å². The zero-order valence-corrected chi connectivity index (χ0v) is 7.89. The minimum Gasteiger partial charge on any atom is -0.382 e. The third-order valence-electron chi connectivity index (χ3n) is 1.91. The summed E-state index contributed by atoms with van der Waals surface area (Å²) in [5.74, 6) is 0.601. The molecule has 0 fully saturated rings. The molecule has 0 atom stereocenters. The van der Waals surface area contributed by atoms with Crippen LogP contribution in [0.2, 0.25) is 0 Å². The van der Waals surface area contributed by atoms with Gasteiger partial charge < -0.3 is 5.73 Å². The fourth-order valence-electron chi connectivity index (χ4n) is 1.18. The quantitative estimate of drug-likeness (QED) is 0.704. The van der Waals surface area contributed by atoms with Crippen LogP contribution in [0.5, 0.6) is 0 Å². The monoisotopic (exact) mass is 192 g/mol. The molecule has 0 aliphatic rings. The largest absolute Gasteiger partial charge is 0.382 e. The summed E-state index contributed by atoms with van der Waals surface area (Å²) in [6.07, 6.45) is 0. The summed E-state index contributed by atoms with van der Waals surface area (Å²) in [4.78, 5) is 11.0. The SMILES string of the molecule is CC(=O)c1ccc2c(N)nsc2c1. The number of nitrogen functional groups attached to an aromatic ring is 1. The fraction of sp³-hybridized carbons (Fsp3) is 0.111. The molecule has 0 amide bonds. The lowest BCUT2D eigenvalue weighted by Gasteiger charge is -1.94. The van der Waals surface area contributed by atoms with Crippen molar-refractivity contribution in [2.45, 2.75) is 6.92 Å². The van der Waals surface area contributed by atoms with E-state index < -0.39 is 0 Å². The van der Waals surface area contributed by atoms with Crippen LogP contribution in [0.25, 0.3) is 10.1 Å². The average molecular weight is 192 g/mol. The molecule has 2 rings (SSSR count). The Bertz CT molecular complexity index is 475. The van der Waals surface area contributed by atoms with Gasteiger partial charge in [0.25, 0.3) is 0 Å². The topological polar surface area (TPSA) is 56.0 Å². The molecule has 0 spiro atoms. The molecule has 0 aliphatic carbocycles. The standard InChI is InChI=1S/C9H8N2OS/c1-5(12)6-2-3-7-8(4-6)13-11-9(7)10/h2-4H,1H3,(H2,10,11). The van der Waals surface area contributed by atoms with Crippen LogP contribution in [0.3, 0.4) is 0 Å². The molecule has 4 heteroatoms. The molecule has 1 aromatic carbocycles. The van der Waals surface area contributed by atoms with Crippen molar-refractivity contribution in [2.75, 3.05) is 5.73 Å². The lowest BCUT2D eigenvalue weighted by molar-refractivity contribution is 0.101. The second kappa shape index (κ2) is 2.81. The van der Waals surface area contributed by atoms with Gasteiger partial charge in [-0.25, -0.2) is 0 Å². The number of carbonyl (C=O) groups excluding carboxylic acids is 1. The maximum Gasteiger partial charge on any atom is 0.159 e. The van der Waals surface area contributed by atoms with Gasteiger partial charge >= 0.3 is 0 Å². The highest BCUT2D eigenvalue weighted by Gasteiger charge is 2.05. The molecule has 0 saturated heterocycles. The van der Waals surface area contributed by atoms with E-state index in [1.807, 2.05) is 12.1 Å². The summed E-state index contributed by atoms with van der Waals surface area (Å²) in [5.41, 5.74) is 6.32. The highest BCUT2D eigenvalue weighted by atomic mass is 32.1. The van der Waals surface area contributed by atoms with Crippen molar-refractivity contribution in [3.63, 3.8) is 0 Å². The predicted molar refractivity (Wildman–Crippen MR) is 54.0 cm³/mol. The first-order valence-electron chi connectivity index (χ1n) is 3.84. The highest BCUT2D eigenvalue weighted by Crippen LogP contribution is 2.25. The van der Waals surface area contributed by atoms with Crippen LogP contribution in [0.1, 0.15) is 17.3 Å². The summed E-state index contributed by atoms with van der Waals surface area (Å²) in [7, 11) is 0. The van der Waals surface area contributed by atoms with E-state index in [2.05, 4.69) is 4.37 Å². The van der Waals surface area contributed by atoms with E-state index in [-0.39, 0.29) is 5.78 Å². The van der Waals surface area contributed by atoms with E-state index in [9.17, 15) is 4.79 Å². The first-order chi connectivity index (χ1) is 6.18. The van der Waals surface area contributed by atoms with Crippen LogP contribution >= 0.6 is 11.5 Å². The summed E-state index contributed by atoms with van der Waals surface area (Å²) in [6.45, 7) is 1.55. The minimum atomic E-state index is 0.0638. The highest BCUT2D eigenvalue weighted by molar-refractivity contribution is 7.13. The molecular weight excluding hydrogens is 184 g/mol. The summed E-state index contributed by atoms with van der Waals surface area (Å²) >= 11 is 1.32. The Morgan fingerprint density at radius 3 is 3.00 bits per heavy atom. The molecule has 0 unspecified atom stereocenters. The predicted octanol–water partition coefficient (Wildman–Crippen LogP) is 2.08. The number of anilines is 1. The fourth-order valence-corrected chi connectivity index (χ4v) is 1.92. The van der Waals surface area contributed by atoms with Crippen molar-refractivity contribution in [3.05, 3.63) is 23.8 Å². The van der Waals surface area contributed by atoms with Gasteiger partial charge in [-0.05, 0) is 30.6 Å². The second-order valence-electron chi connectivity index (χ2n) is 2.83. The second-order valence-corrected chi connectivity index (χ2v) is 3.64. The zero-order valence-electron chi connectivity index (χ0n) is 7.07. The number of Topliss-reactive ketones (excluding diaryl/α,β-unsaturated/α-hetero) is 1. The Morgan fingerprint density at radius 2 is 2.31 bits per heavy atom. The first kappa shape index (κ1) is 8.19. The van der Waals surface area contributed by atoms with E-state index in [0.717, 1.165) is 10.1 Å². The minimum absolute atomic E-state index is 0.0638. The van der Waals surface area contributed by atoms with E-state index in [1.165, 1.54) is 11.5 Å². The Morgan fingerprint density at radius 1 is 1.54 bits per heavy atom. The number of nitrogens with zero attached hydrogens (tertiary/aromatic N) is 1. The van der Waals surface area contributed by atoms with Crippen LogP contribution < -0.4 is 5.73 Å². The number of nitrogens with two attached hydrogens (primary N) is 1. The number of rotatable bonds is 1. The summed E-state index contributed by atoms with van der Waals surface area (Å²) in [5, 5.41) is 0.926. The van der Waals surface area contributed by atoms with Gasteiger partial charge in [0, 0.05) is 10.9 Å². The zero-order chi connectivity index (χ0) is 9.42. The smallest absolute Gasteiger partial charge is 0.159 e. The van der Waals surface area contributed by atoms with Gasteiger partial charge in [0.05, 0.1) is 4.70 Å². The lowest BCUT2D eigenvalue weighted by Crippen LogP contribution is -1.90. The normalized spacial score (nSPS) is 10.5. The van der Waals surface area contributed by atoms with Crippen molar-refractivity contribution in [1.29, 1.82) is 0 Å². The van der Waals surface area contributed by atoms with Gasteiger partial charge in [-0.1, -0.05) is 6.07 Å². The van der Waals surface area contributed by atoms with Crippen molar-refractivity contribution in [1.82, 2.24) is 4.37 Å². The Hall–Kier alpha value is -1.42. The van der Waals surface area contributed by atoms with Crippen molar-refractivity contribution < 1.29 is 4.79 Å². The molecular formula is C9H8N2OS. The van der Waals surface area contributed by atoms with E-state index >= 15 is 0 Å². The molecule has 0 aliphatic heterocycles. The molecule has 0 saturated carbocycles. The molecule has 1 aromatic heterocycles. The molecule has 2 N–H and O–H groups in total. The van der Waals surface area contributed by atoms with Gasteiger partial charge in [-0.15, -0.1) is 0 Å². The molecule has 1 heterocycles. The number of aromatic nitrogens is 1. The number of hydrogen-bond acceptors (Lipinski definition) is 4. The molecule has 0 bridgehead atoms. The van der Waals surface area contributed by atoms with Crippen molar-refractivity contribution in [3.8, 4) is 0 Å². The Kier molecular flexibility index (Phi) is 1.77. The molecule has 2 aromatic rings. The third-order valence-corrected chi connectivity index (χ3v) is 2.73. The number of carbonyl (C=O) groups is 1. The van der Waals surface area contributed by atoms with Crippen LogP contribution in [-0.4, -0.2) is 10.2 Å². The van der Waals surface area contributed by atoms with Crippen LogP contribution in [0, 0.1) is 0 Å². The van der Waals surface area contributed by atoms with E-state index in [1.54, 1.807) is 13.0 Å². The van der Waals surface area contributed by atoms with E-state index in [0.29, 0.717) is 11.4 Å². The molecule has 0 radical (unpaired) electrons. The van der Waals surface area contributed by atoms with Crippen molar-refractivity contribution >= 4 is 33.2 Å². The number of hydrogen-bond donors (Lipinski definition) is 1. The molecule has 66 valence electrons. The van der Waals surface area contributed by atoms with Gasteiger partial charge in [0.2, 0.25) is 0 Å². The first-order valence-corrected chi connectivity index (χ1v) is 4.61. The van der Waals surface area contributed by atoms with Crippen molar-refractivity contribution in [2.24, 2.45) is 0 Å². The number of benzene rings is 1. The Labute approximate surface area is 79.3 Å². The number of fused-ring (bicyclic) bond motifs is 1. The van der Waals surface area contributed by atoms with E-state index in [4.69, 9.17) is 5.73 Å².